The Labute approximate surface area is 196 Å². The number of fused-ring (bicyclic) bond motifs is 7. The average molecular weight is 439 g/mol. The van der Waals surface area contributed by atoms with Gasteiger partial charge >= 0.3 is 0 Å². The van der Waals surface area contributed by atoms with Crippen molar-refractivity contribution in [3.8, 4) is 0 Å². The highest BCUT2D eigenvalue weighted by Gasteiger charge is 2.68. The molecule has 5 aliphatic rings. The SMILES string of the molecule is CC1(C)CC[C@]2(C)C(=O)C=C3[C@]4(C)CC[C@H]5C(C)(C)C(=O)CC[C@]5(C)[C@@H]4CC[C@@]3(C)[C@@H]2C1. The van der Waals surface area contributed by atoms with Crippen LogP contribution in [0.15, 0.2) is 11.6 Å². The topological polar surface area (TPSA) is 34.1 Å². The molecule has 0 aromatic heterocycles. The van der Waals surface area contributed by atoms with E-state index in [9.17, 15) is 9.59 Å². The average Bonchev–Trinajstić information content (AvgIpc) is 2.68. The van der Waals surface area contributed by atoms with Gasteiger partial charge in [0.1, 0.15) is 5.78 Å². The normalized spacial score (nSPS) is 51.6. The third-order valence-electron chi connectivity index (χ3n) is 12.4. The van der Waals surface area contributed by atoms with Crippen LogP contribution in [0.3, 0.4) is 0 Å². The van der Waals surface area contributed by atoms with Crippen molar-refractivity contribution in [3.05, 3.63) is 11.6 Å². The number of ketones is 2. The lowest BCUT2D eigenvalue weighted by atomic mass is 9.34. The maximum atomic E-state index is 13.8. The van der Waals surface area contributed by atoms with Gasteiger partial charge in [-0.3, -0.25) is 9.59 Å². The van der Waals surface area contributed by atoms with Crippen LogP contribution in [0.5, 0.6) is 0 Å². The Hall–Kier alpha value is -0.920. The lowest BCUT2D eigenvalue weighted by molar-refractivity contribution is -0.170. The Balaban J connectivity index is 1.61. The fraction of sp³-hybridized carbons (Fsp3) is 0.867. The van der Waals surface area contributed by atoms with E-state index in [1.807, 2.05) is 0 Å². The van der Waals surface area contributed by atoms with Gasteiger partial charge in [0.2, 0.25) is 0 Å². The molecule has 32 heavy (non-hydrogen) atoms. The number of Topliss-reactive ketones (excluding diaryl/α,β-unsaturated/α-hetero) is 1. The molecule has 0 radical (unpaired) electrons. The van der Waals surface area contributed by atoms with Gasteiger partial charge in [-0.25, -0.2) is 0 Å². The van der Waals surface area contributed by atoms with Gasteiger partial charge in [0.25, 0.3) is 0 Å². The van der Waals surface area contributed by atoms with E-state index < -0.39 is 0 Å². The molecule has 5 rings (SSSR count). The first-order valence-electron chi connectivity index (χ1n) is 13.4. The summed E-state index contributed by atoms with van der Waals surface area (Å²) < 4.78 is 0. The van der Waals surface area contributed by atoms with Gasteiger partial charge in [0.05, 0.1) is 0 Å². The molecule has 2 nitrogen and oxygen atoms in total. The van der Waals surface area contributed by atoms with Gasteiger partial charge in [-0.2, -0.15) is 0 Å². The van der Waals surface area contributed by atoms with Crippen LogP contribution in [0.4, 0.5) is 0 Å². The van der Waals surface area contributed by atoms with Gasteiger partial charge in [0.15, 0.2) is 5.78 Å². The summed E-state index contributed by atoms with van der Waals surface area (Å²) in [6.07, 6.45) is 12.0. The predicted molar refractivity (Wildman–Crippen MR) is 130 cm³/mol. The molecule has 0 amide bonds. The van der Waals surface area contributed by atoms with Crippen molar-refractivity contribution in [2.45, 2.75) is 113 Å². The number of hydrogen-bond donors (Lipinski definition) is 0. The molecular weight excluding hydrogens is 392 g/mol. The van der Waals surface area contributed by atoms with Crippen molar-refractivity contribution in [2.75, 3.05) is 0 Å². The summed E-state index contributed by atoms with van der Waals surface area (Å²) in [7, 11) is 0. The second-order valence-electron chi connectivity index (χ2n) is 14.9. The van der Waals surface area contributed by atoms with Crippen molar-refractivity contribution >= 4 is 11.6 Å². The van der Waals surface area contributed by atoms with Gasteiger partial charge < -0.3 is 0 Å². The molecule has 0 saturated heterocycles. The highest BCUT2D eigenvalue weighted by atomic mass is 16.1. The van der Waals surface area contributed by atoms with Gasteiger partial charge in [0, 0.05) is 17.3 Å². The standard InChI is InChI=1S/C30H46O2/c1-25(2)15-16-30(8)22(18-25)29(7)13-10-20-27(5)14-11-23(31)26(3,4)19(27)9-12-28(20,6)21(29)17-24(30)32/h17,19-20,22H,9-16,18H2,1-8H3/t19-,20-,22-,27-,28+,29+,30-/m0/s1. The Morgan fingerprint density at radius 1 is 0.688 bits per heavy atom. The molecule has 2 heteroatoms. The summed E-state index contributed by atoms with van der Waals surface area (Å²) in [5, 5.41) is 0. The number of carbonyl (C=O) groups is 2. The Kier molecular flexibility index (Phi) is 4.57. The first kappa shape index (κ1) is 22.9. The first-order valence-corrected chi connectivity index (χ1v) is 13.4. The zero-order chi connectivity index (χ0) is 23.5. The van der Waals surface area contributed by atoms with Gasteiger partial charge in [-0.1, -0.05) is 61.0 Å². The summed E-state index contributed by atoms with van der Waals surface area (Å²) in [4.78, 5) is 26.6. The van der Waals surface area contributed by atoms with Crippen LogP contribution in [0, 0.1) is 50.2 Å². The highest BCUT2D eigenvalue weighted by molar-refractivity contribution is 5.97. The Morgan fingerprint density at radius 3 is 1.94 bits per heavy atom. The molecule has 0 aliphatic heterocycles. The zero-order valence-corrected chi connectivity index (χ0v) is 22.0. The molecule has 4 saturated carbocycles. The zero-order valence-electron chi connectivity index (χ0n) is 22.0. The Bertz CT molecular complexity index is 908. The molecule has 7 atom stereocenters. The van der Waals surface area contributed by atoms with E-state index >= 15 is 0 Å². The molecule has 0 spiro atoms. The summed E-state index contributed by atoms with van der Waals surface area (Å²) in [6.45, 7) is 19.1. The van der Waals surface area contributed by atoms with Crippen molar-refractivity contribution in [2.24, 2.45) is 50.2 Å². The molecule has 0 aromatic rings. The minimum atomic E-state index is -0.211. The summed E-state index contributed by atoms with van der Waals surface area (Å²) in [5.74, 6) is 2.39. The molecule has 0 bridgehead atoms. The molecule has 0 N–H and O–H groups in total. The van der Waals surface area contributed by atoms with Crippen molar-refractivity contribution in [1.29, 1.82) is 0 Å². The Morgan fingerprint density at radius 2 is 1.28 bits per heavy atom. The summed E-state index contributed by atoms with van der Waals surface area (Å²) in [6, 6.07) is 0. The third-order valence-corrected chi connectivity index (χ3v) is 12.4. The summed E-state index contributed by atoms with van der Waals surface area (Å²) in [5.41, 5.74) is 1.85. The second kappa shape index (κ2) is 6.39. The highest BCUT2D eigenvalue weighted by Crippen LogP contribution is 2.74. The lowest BCUT2D eigenvalue weighted by Gasteiger charge is -2.69. The molecule has 4 fully saturated rings. The van der Waals surface area contributed by atoms with E-state index in [4.69, 9.17) is 0 Å². The fourth-order valence-corrected chi connectivity index (χ4v) is 10.4. The third kappa shape index (κ3) is 2.65. The van der Waals surface area contributed by atoms with Crippen LogP contribution in [-0.2, 0) is 9.59 Å². The van der Waals surface area contributed by atoms with Gasteiger partial charge in [-0.15, -0.1) is 0 Å². The smallest absolute Gasteiger partial charge is 0.161 e. The molecular formula is C30H46O2. The van der Waals surface area contributed by atoms with Crippen molar-refractivity contribution in [1.82, 2.24) is 0 Å². The molecule has 0 aromatic carbocycles. The maximum Gasteiger partial charge on any atom is 0.161 e. The minimum absolute atomic E-state index is 0.0906. The van der Waals surface area contributed by atoms with E-state index in [1.54, 1.807) is 0 Å². The van der Waals surface area contributed by atoms with Crippen LogP contribution >= 0.6 is 0 Å². The van der Waals surface area contributed by atoms with Crippen LogP contribution in [0.25, 0.3) is 0 Å². The monoisotopic (exact) mass is 438 g/mol. The first-order chi connectivity index (χ1) is 14.6. The molecule has 0 heterocycles. The van der Waals surface area contributed by atoms with E-state index in [0.29, 0.717) is 34.7 Å². The number of rotatable bonds is 0. The van der Waals surface area contributed by atoms with Crippen LogP contribution in [0.2, 0.25) is 0 Å². The van der Waals surface area contributed by atoms with Gasteiger partial charge in [-0.05, 0) is 96.9 Å². The van der Waals surface area contributed by atoms with E-state index in [1.165, 1.54) is 24.8 Å². The molecule has 5 aliphatic carbocycles. The van der Waals surface area contributed by atoms with E-state index in [-0.39, 0.29) is 27.1 Å². The minimum Gasteiger partial charge on any atom is -0.299 e. The van der Waals surface area contributed by atoms with Crippen molar-refractivity contribution < 1.29 is 9.59 Å². The number of allylic oxidation sites excluding steroid dienone is 2. The maximum absolute atomic E-state index is 13.8. The largest absolute Gasteiger partial charge is 0.299 e. The predicted octanol–water partition coefficient (Wildman–Crippen LogP) is 7.56. The molecule has 178 valence electrons. The van der Waals surface area contributed by atoms with E-state index in [2.05, 4.69) is 61.5 Å². The second-order valence-corrected chi connectivity index (χ2v) is 14.9. The number of hydrogen-bond acceptors (Lipinski definition) is 2. The van der Waals surface area contributed by atoms with Crippen LogP contribution in [0.1, 0.15) is 113 Å². The number of carbonyl (C=O) groups excluding carboxylic acids is 2. The quantitative estimate of drug-likeness (QED) is 0.391. The molecule has 0 unspecified atom stereocenters. The summed E-state index contributed by atoms with van der Waals surface area (Å²) >= 11 is 0. The van der Waals surface area contributed by atoms with Crippen molar-refractivity contribution in [3.63, 3.8) is 0 Å². The lowest BCUT2D eigenvalue weighted by Crippen LogP contribution is -2.63. The van der Waals surface area contributed by atoms with Crippen LogP contribution < -0.4 is 0 Å². The van der Waals surface area contributed by atoms with Crippen LogP contribution in [-0.4, -0.2) is 11.6 Å². The van der Waals surface area contributed by atoms with E-state index in [0.717, 1.165) is 38.5 Å². The fourth-order valence-electron chi connectivity index (χ4n) is 10.4.